The average Bonchev–Trinajstić information content (AvgIpc) is 3.47. The Morgan fingerprint density at radius 1 is 1.27 bits per heavy atom. The van der Waals surface area contributed by atoms with Gasteiger partial charge < -0.3 is 25.0 Å². The summed E-state index contributed by atoms with van der Waals surface area (Å²) < 4.78 is 28.1. The Hall–Kier alpha value is -3.47. The van der Waals surface area contributed by atoms with E-state index in [1.165, 1.54) is 9.47 Å². The number of nitrogens with zero attached hydrogens (tertiary/aromatic N) is 2. The van der Waals surface area contributed by atoms with Crippen molar-refractivity contribution in [2.24, 2.45) is 5.92 Å². The second-order valence-electron chi connectivity index (χ2n) is 7.88. The van der Waals surface area contributed by atoms with Crippen molar-refractivity contribution >= 4 is 30.2 Å². The quantitative estimate of drug-likeness (QED) is 0.590. The molecule has 12 heteroatoms. The van der Waals surface area contributed by atoms with E-state index in [1.54, 1.807) is 6.92 Å². The Bertz CT molecular complexity index is 1230. The molecule has 1 fully saturated rings. The number of pyridine rings is 1. The van der Waals surface area contributed by atoms with Crippen LogP contribution < -0.4 is 10.7 Å². The molecule has 2 atom stereocenters. The van der Waals surface area contributed by atoms with Gasteiger partial charge in [0.25, 0.3) is 11.8 Å². The molecule has 2 aliphatic rings. The van der Waals surface area contributed by atoms with Gasteiger partial charge in [-0.3, -0.25) is 19.2 Å². The first-order valence-corrected chi connectivity index (χ1v) is 9.84. The Morgan fingerprint density at radius 2 is 1.97 bits per heavy atom. The van der Waals surface area contributed by atoms with E-state index in [1.807, 2.05) is 0 Å². The number of amides is 2. The number of aromatic nitrogens is 1. The minimum Gasteiger partial charge on any atom is -0.503 e. The molecule has 33 heavy (non-hydrogen) atoms. The van der Waals surface area contributed by atoms with Crippen molar-refractivity contribution in [3.63, 3.8) is 0 Å². The number of carbonyl (C=O) groups is 3. The highest BCUT2D eigenvalue weighted by Gasteiger charge is 2.64. The number of hydrogen-bond donors (Lipinski definition) is 3. The Balaban J connectivity index is 0.00000306. The first-order valence-electron chi connectivity index (χ1n) is 9.84. The van der Waals surface area contributed by atoms with Crippen LogP contribution in [0.25, 0.3) is 0 Å². The first-order chi connectivity index (χ1) is 15.1. The maximum atomic E-state index is 13.8. The van der Waals surface area contributed by atoms with Crippen LogP contribution in [0.5, 0.6) is 5.75 Å². The van der Waals surface area contributed by atoms with Gasteiger partial charge in [0.15, 0.2) is 11.4 Å². The maximum absolute atomic E-state index is 13.8. The van der Waals surface area contributed by atoms with Crippen LogP contribution in [-0.4, -0.2) is 50.6 Å². The summed E-state index contributed by atoms with van der Waals surface area (Å²) in [4.78, 5) is 51.0. The van der Waals surface area contributed by atoms with Gasteiger partial charge in [0.1, 0.15) is 17.2 Å². The van der Waals surface area contributed by atoms with Crippen LogP contribution in [0.3, 0.4) is 0 Å². The topological polar surface area (TPSA) is 129 Å². The first kappa shape index (κ1) is 24.2. The molecule has 1 aliphatic carbocycles. The fourth-order valence-electron chi connectivity index (χ4n) is 4.19. The predicted octanol–water partition coefficient (Wildman–Crippen LogP) is 1.46. The second kappa shape index (κ2) is 8.47. The highest BCUT2D eigenvalue weighted by molar-refractivity contribution is 5.99. The lowest BCUT2D eigenvalue weighted by atomic mass is 10.0. The predicted molar refractivity (Wildman–Crippen MR) is 112 cm³/mol. The van der Waals surface area contributed by atoms with Crippen molar-refractivity contribution in [2.75, 3.05) is 13.1 Å². The van der Waals surface area contributed by atoms with Crippen LogP contribution in [-0.2, 0) is 16.9 Å². The molecule has 176 valence electrons. The summed E-state index contributed by atoms with van der Waals surface area (Å²) in [5, 5.41) is 22.3. The number of hydrogen-bond acceptors (Lipinski definition) is 5. The van der Waals surface area contributed by atoms with Gasteiger partial charge in [0, 0.05) is 37.5 Å². The Morgan fingerprint density at radius 3 is 2.55 bits per heavy atom. The number of likely N-dealkylation sites (N-methyl/N-ethyl adjacent to an activating group) is 1. The smallest absolute Gasteiger partial charge is 0.309 e. The maximum Gasteiger partial charge on any atom is 0.309 e. The van der Waals surface area contributed by atoms with Crippen LogP contribution >= 0.6 is 12.4 Å². The summed E-state index contributed by atoms with van der Waals surface area (Å²) in [7, 11) is 0. The number of benzene rings is 1. The molecule has 2 aromatic rings. The monoisotopic (exact) mass is 483 g/mol. The third-order valence-electron chi connectivity index (χ3n) is 6.04. The summed E-state index contributed by atoms with van der Waals surface area (Å²) in [6.07, 6.45) is 1.23. The molecule has 1 aliphatic heterocycles. The number of carboxylic acids is 1. The molecule has 1 aromatic heterocycles. The minimum absolute atomic E-state index is 0. The SMILES string of the molecule is CCN1C[C@@]2(C[C@@H]2C(=O)O)n2cc(C(=O)NCc3ccc(F)cc3F)c(=O)c(O)c2C1=O.Cl. The van der Waals surface area contributed by atoms with Crippen molar-refractivity contribution in [1.82, 2.24) is 14.8 Å². The molecule has 0 bridgehead atoms. The van der Waals surface area contributed by atoms with Crippen LogP contribution in [0.4, 0.5) is 8.78 Å². The normalized spacial score (nSPS) is 20.8. The number of nitrogens with one attached hydrogen (secondary N) is 1. The zero-order chi connectivity index (χ0) is 23.4. The van der Waals surface area contributed by atoms with Crippen LogP contribution in [0, 0.1) is 17.6 Å². The number of aliphatic carboxylic acids is 1. The number of rotatable bonds is 5. The molecule has 2 heterocycles. The van der Waals surface area contributed by atoms with Crippen LogP contribution in [0.1, 0.15) is 39.8 Å². The standard InChI is InChI=1S/C21H19F2N3O6.ClH/c1-2-25-9-21(6-13(21)20(31)32)26-8-12(16(27)17(28)15(26)19(25)30)18(29)24-7-10-3-4-11(22)5-14(10)23;/h3-5,8,13,28H,2,6-7,9H2,1H3,(H,24,29)(H,31,32);1H/t13-,21-;/m1./s1. The summed E-state index contributed by atoms with van der Waals surface area (Å²) in [5.41, 5.74) is -3.12. The molecule has 0 saturated heterocycles. The van der Waals surface area contributed by atoms with E-state index in [0.717, 1.165) is 18.3 Å². The van der Waals surface area contributed by atoms with Gasteiger partial charge >= 0.3 is 5.97 Å². The minimum atomic E-state index is -1.11. The molecule has 4 rings (SSSR count). The largest absolute Gasteiger partial charge is 0.503 e. The number of fused-ring (bicyclic) bond motifs is 2. The van der Waals surface area contributed by atoms with Gasteiger partial charge in [-0.15, -0.1) is 12.4 Å². The van der Waals surface area contributed by atoms with Gasteiger partial charge in [-0.2, -0.15) is 0 Å². The third kappa shape index (κ3) is 3.82. The molecular weight excluding hydrogens is 464 g/mol. The lowest BCUT2D eigenvalue weighted by Crippen LogP contribution is -2.50. The van der Waals surface area contributed by atoms with Gasteiger partial charge in [-0.05, 0) is 19.4 Å². The lowest BCUT2D eigenvalue weighted by molar-refractivity contribution is -0.139. The van der Waals surface area contributed by atoms with Gasteiger partial charge in [0.2, 0.25) is 5.43 Å². The van der Waals surface area contributed by atoms with Gasteiger partial charge in [-0.25, -0.2) is 8.78 Å². The number of halogens is 3. The molecule has 0 radical (unpaired) electrons. The average molecular weight is 484 g/mol. The summed E-state index contributed by atoms with van der Waals surface area (Å²) in [6, 6.07) is 2.80. The van der Waals surface area contributed by atoms with E-state index in [2.05, 4.69) is 5.32 Å². The lowest BCUT2D eigenvalue weighted by Gasteiger charge is -2.36. The molecule has 0 unspecified atom stereocenters. The van der Waals surface area contributed by atoms with E-state index < -0.39 is 57.6 Å². The number of carboxylic acid groups (broad SMARTS) is 1. The van der Waals surface area contributed by atoms with E-state index in [-0.39, 0.29) is 49.7 Å². The van der Waals surface area contributed by atoms with E-state index in [4.69, 9.17) is 0 Å². The molecule has 3 N–H and O–H groups in total. The van der Waals surface area contributed by atoms with E-state index in [0.29, 0.717) is 6.07 Å². The van der Waals surface area contributed by atoms with Crippen LogP contribution in [0.2, 0.25) is 0 Å². The Labute approximate surface area is 192 Å². The van der Waals surface area contributed by atoms with Crippen molar-refractivity contribution in [2.45, 2.75) is 25.4 Å². The second-order valence-corrected chi connectivity index (χ2v) is 7.88. The van der Waals surface area contributed by atoms with Crippen molar-refractivity contribution in [3.8, 4) is 5.75 Å². The Kier molecular flexibility index (Phi) is 6.20. The van der Waals surface area contributed by atoms with Crippen molar-refractivity contribution in [1.29, 1.82) is 0 Å². The van der Waals surface area contributed by atoms with E-state index >= 15 is 0 Å². The molecule has 1 aromatic carbocycles. The number of aromatic hydroxyl groups is 1. The fraction of sp³-hybridized carbons (Fsp3) is 0.333. The summed E-state index contributed by atoms with van der Waals surface area (Å²) in [5.74, 6) is -6.21. The molecule has 1 spiro atoms. The molecule has 2 amide bonds. The van der Waals surface area contributed by atoms with E-state index in [9.17, 15) is 38.2 Å². The van der Waals surface area contributed by atoms with Gasteiger partial charge in [0.05, 0.1) is 11.5 Å². The zero-order valence-corrected chi connectivity index (χ0v) is 18.1. The highest BCUT2D eigenvalue weighted by Crippen LogP contribution is 2.54. The zero-order valence-electron chi connectivity index (χ0n) is 17.3. The highest BCUT2D eigenvalue weighted by atomic mass is 35.5. The summed E-state index contributed by atoms with van der Waals surface area (Å²) in [6.45, 7) is 1.62. The third-order valence-corrected chi connectivity index (χ3v) is 6.04. The van der Waals surface area contributed by atoms with Crippen molar-refractivity contribution in [3.05, 3.63) is 63.1 Å². The van der Waals surface area contributed by atoms with Crippen LogP contribution in [0.15, 0.2) is 29.2 Å². The summed E-state index contributed by atoms with van der Waals surface area (Å²) >= 11 is 0. The van der Waals surface area contributed by atoms with Crippen molar-refractivity contribution < 1.29 is 33.4 Å². The molecule has 9 nitrogen and oxygen atoms in total. The van der Waals surface area contributed by atoms with Gasteiger partial charge in [-0.1, -0.05) is 6.07 Å². The fourth-order valence-corrected chi connectivity index (χ4v) is 4.19. The molecular formula is C21H20ClF2N3O6. The number of carbonyl (C=O) groups excluding carboxylic acids is 2. The molecule has 1 saturated carbocycles.